The van der Waals surface area contributed by atoms with Gasteiger partial charge in [0.2, 0.25) is 0 Å². The molecule has 1 fully saturated rings. The van der Waals surface area contributed by atoms with Crippen molar-refractivity contribution in [1.82, 2.24) is 20.0 Å². The summed E-state index contributed by atoms with van der Waals surface area (Å²) < 4.78 is 1.90. The fourth-order valence-corrected chi connectivity index (χ4v) is 2.07. The molecule has 2 heterocycles. The molecule has 6 heteroatoms. The molecule has 2 N–H and O–H groups in total. The highest BCUT2D eigenvalue weighted by Gasteiger charge is 2.22. The largest absolute Gasteiger partial charge is 0.465 e. The number of piperazine rings is 1. The molecule has 94 valence electrons. The van der Waals surface area contributed by atoms with E-state index in [2.05, 4.69) is 10.4 Å². The highest BCUT2D eigenvalue weighted by molar-refractivity contribution is 5.65. The molecule has 0 bridgehead atoms. The van der Waals surface area contributed by atoms with Crippen molar-refractivity contribution in [2.75, 3.05) is 19.6 Å². The van der Waals surface area contributed by atoms with Gasteiger partial charge >= 0.3 is 6.09 Å². The van der Waals surface area contributed by atoms with E-state index in [0.717, 1.165) is 25.1 Å². The molecule has 2 rings (SSSR count). The van der Waals surface area contributed by atoms with Crippen LogP contribution in [0.2, 0.25) is 0 Å². The molecule has 0 saturated carbocycles. The first kappa shape index (κ1) is 11.9. The minimum atomic E-state index is -0.827. The van der Waals surface area contributed by atoms with Gasteiger partial charge in [0.1, 0.15) is 0 Å². The zero-order valence-corrected chi connectivity index (χ0v) is 9.96. The van der Waals surface area contributed by atoms with E-state index < -0.39 is 6.09 Å². The number of hydrogen-bond donors (Lipinski definition) is 2. The first-order valence-electron chi connectivity index (χ1n) is 5.85. The maximum atomic E-state index is 10.9. The summed E-state index contributed by atoms with van der Waals surface area (Å²) in [6.45, 7) is 4.70. The Morgan fingerprint density at radius 2 is 2.53 bits per heavy atom. The number of nitrogens with zero attached hydrogens (tertiary/aromatic N) is 3. The van der Waals surface area contributed by atoms with Gasteiger partial charge in [-0.05, 0) is 18.9 Å². The van der Waals surface area contributed by atoms with Crippen LogP contribution in [0.1, 0.15) is 12.0 Å². The molecule has 1 atom stereocenters. The van der Waals surface area contributed by atoms with Gasteiger partial charge in [0.05, 0.1) is 6.20 Å². The molecular formula is C11H18N4O2. The van der Waals surface area contributed by atoms with Crippen LogP contribution in [0.3, 0.4) is 0 Å². The van der Waals surface area contributed by atoms with Crippen molar-refractivity contribution in [1.29, 1.82) is 0 Å². The van der Waals surface area contributed by atoms with Crippen molar-refractivity contribution >= 4 is 6.09 Å². The lowest BCUT2D eigenvalue weighted by Crippen LogP contribution is -2.52. The monoisotopic (exact) mass is 238 g/mol. The minimum absolute atomic E-state index is 0.226. The smallest absolute Gasteiger partial charge is 0.407 e. The van der Waals surface area contributed by atoms with Crippen LogP contribution in [0.5, 0.6) is 0 Å². The highest BCUT2D eigenvalue weighted by Crippen LogP contribution is 2.05. The lowest BCUT2D eigenvalue weighted by atomic mass is 10.1. The van der Waals surface area contributed by atoms with E-state index >= 15 is 0 Å². The summed E-state index contributed by atoms with van der Waals surface area (Å²) in [6.07, 6.45) is 3.90. The summed E-state index contributed by atoms with van der Waals surface area (Å²) in [5, 5.41) is 16.5. The molecule has 0 aliphatic carbocycles. The molecule has 0 radical (unpaired) electrons. The second-order valence-electron chi connectivity index (χ2n) is 4.45. The molecule has 17 heavy (non-hydrogen) atoms. The Bertz CT molecular complexity index is 391. The number of aromatic nitrogens is 2. The predicted molar refractivity (Wildman–Crippen MR) is 63.0 cm³/mol. The van der Waals surface area contributed by atoms with Crippen molar-refractivity contribution in [3.05, 3.63) is 18.0 Å². The normalized spacial score (nSPS) is 20.5. The van der Waals surface area contributed by atoms with E-state index in [1.54, 1.807) is 0 Å². The summed E-state index contributed by atoms with van der Waals surface area (Å²) in [4.78, 5) is 12.3. The molecule has 6 nitrogen and oxygen atoms in total. The maximum Gasteiger partial charge on any atom is 0.407 e. The lowest BCUT2D eigenvalue weighted by molar-refractivity contribution is 0.126. The zero-order chi connectivity index (χ0) is 12.3. The minimum Gasteiger partial charge on any atom is -0.465 e. The van der Waals surface area contributed by atoms with Crippen LogP contribution in [0.4, 0.5) is 4.79 Å². The first-order valence-corrected chi connectivity index (χ1v) is 5.85. The molecule has 1 saturated heterocycles. The summed E-state index contributed by atoms with van der Waals surface area (Å²) in [7, 11) is 0. The number of carboxylic acid groups (broad SMARTS) is 1. The van der Waals surface area contributed by atoms with Crippen molar-refractivity contribution in [3.63, 3.8) is 0 Å². The average Bonchev–Trinajstić information content (AvgIpc) is 2.73. The fourth-order valence-electron chi connectivity index (χ4n) is 2.07. The Hall–Kier alpha value is -1.56. The fraction of sp³-hybridized carbons (Fsp3) is 0.636. The summed E-state index contributed by atoms with van der Waals surface area (Å²) in [5.41, 5.74) is 1.15. The van der Waals surface area contributed by atoms with Crippen molar-refractivity contribution in [2.45, 2.75) is 25.9 Å². The van der Waals surface area contributed by atoms with Gasteiger partial charge in [-0.25, -0.2) is 4.79 Å². The van der Waals surface area contributed by atoms with Gasteiger partial charge in [-0.3, -0.25) is 4.68 Å². The molecular weight excluding hydrogens is 220 g/mol. The Balaban J connectivity index is 1.81. The van der Waals surface area contributed by atoms with Crippen LogP contribution < -0.4 is 5.32 Å². The molecule has 1 amide bonds. The Kier molecular flexibility index (Phi) is 3.63. The van der Waals surface area contributed by atoms with Gasteiger partial charge in [-0.15, -0.1) is 0 Å². The SMILES string of the molecule is Cc1cnn(CC[C@@H]2CN(C(=O)O)CCN2)c1. The molecule has 1 aliphatic rings. The Labute approximate surface area is 100 Å². The van der Waals surface area contributed by atoms with Gasteiger partial charge in [0.25, 0.3) is 0 Å². The summed E-state index contributed by atoms with van der Waals surface area (Å²) >= 11 is 0. The number of aryl methyl sites for hydroxylation is 2. The van der Waals surface area contributed by atoms with Gasteiger partial charge in [0, 0.05) is 38.4 Å². The van der Waals surface area contributed by atoms with Crippen LogP contribution in [-0.2, 0) is 6.54 Å². The van der Waals surface area contributed by atoms with Crippen LogP contribution in [0.15, 0.2) is 12.4 Å². The topological polar surface area (TPSA) is 70.4 Å². The van der Waals surface area contributed by atoms with E-state index in [0.29, 0.717) is 13.1 Å². The third-order valence-electron chi connectivity index (χ3n) is 3.00. The lowest BCUT2D eigenvalue weighted by Gasteiger charge is -2.31. The third-order valence-corrected chi connectivity index (χ3v) is 3.00. The van der Waals surface area contributed by atoms with Gasteiger partial charge in [-0.1, -0.05) is 0 Å². The Morgan fingerprint density at radius 1 is 1.71 bits per heavy atom. The van der Waals surface area contributed by atoms with Crippen LogP contribution >= 0.6 is 0 Å². The quantitative estimate of drug-likeness (QED) is 0.806. The van der Waals surface area contributed by atoms with Crippen LogP contribution in [0.25, 0.3) is 0 Å². The Morgan fingerprint density at radius 3 is 3.18 bits per heavy atom. The van der Waals surface area contributed by atoms with E-state index in [4.69, 9.17) is 5.11 Å². The summed E-state index contributed by atoms with van der Waals surface area (Å²) in [6, 6.07) is 0.226. The molecule has 0 unspecified atom stereocenters. The summed E-state index contributed by atoms with van der Waals surface area (Å²) in [5.74, 6) is 0. The number of carbonyl (C=O) groups is 1. The van der Waals surface area contributed by atoms with Gasteiger partial charge in [-0.2, -0.15) is 5.10 Å². The standard InChI is InChI=1S/C11H18N4O2/c1-9-6-13-15(7-9)4-2-10-8-14(11(16)17)5-3-12-10/h6-7,10,12H,2-5,8H2,1H3,(H,16,17)/t10-/m1/s1. The van der Waals surface area contributed by atoms with E-state index in [1.165, 1.54) is 4.90 Å². The molecule has 1 aromatic rings. The second-order valence-corrected chi connectivity index (χ2v) is 4.45. The first-order chi connectivity index (χ1) is 8.15. The van der Waals surface area contributed by atoms with Crippen molar-refractivity contribution < 1.29 is 9.90 Å². The number of hydrogen-bond acceptors (Lipinski definition) is 3. The molecule has 0 aromatic carbocycles. The molecule has 1 aliphatic heterocycles. The van der Waals surface area contributed by atoms with Gasteiger partial charge in [0.15, 0.2) is 0 Å². The third kappa shape index (κ3) is 3.20. The van der Waals surface area contributed by atoms with Crippen molar-refractivity contribution in [3.8, 4) is 0 Å². The zero-order valence-electron chi connectivity index (χ0n) is 9.96. The van der Waals surface area contributed by atoms with E-state index in [-0.39, 0.29) is 6.04 Å². The number of rotatable bonds is 3. The van der Waals surface area contributed by atoms with Crippen LogP contribution in [0, 0.1) is 6.92 Å². The van der Waals surface area contributed by atoms with E-state index in [1.807, 2.05) is 24.0 Å². The number of amides is 1. The second kappa shape index (κ2) is 5.18. The molecule has 1 aromatic heterocycles. The molecule has 0 spiro atoms. The van der Waals surface area contributed by atoms with Crippen molar-refractivity contribution in [2.24, 2.45) is 0 Å². The highest BCUT2D eigenvalue weighted by atomic mass is 16.4. The maximum absolute atomic E-state index is 10.9. The van der Waals surface area contributed by atoms with E-state index in [9.17, 15) is 4.79 Å². The number of nitrogens with one attached hydrogen (secondary N) is 1. The average molecular weight is 238 g/mol. The van der Waals surface area contributed by atoms with Gasteiger partial charge < -0.3 is 15.3 Å². The predicted octanol–water partition coefficient (Wildman–Crippen LogP) is 0.533. The van der Waals surface area contributed by atoms with Crippen LogP contribution in [-0.4, -0.2) is 51.6 Å².